The number of rotatable bonds is 9. The number of benzene rings is 1. The Bertz CT molecular complexity index is 1240. The van der Waals surface area contributed by atoms with Crippen LogP contribution in [0.15, 0.2) is 24.3 Å². The molecule has 0 saturated heterocycles. The molecule has 5 atom stereocenters. The van der Waals surface area contributed by atoms with Crippen molar-refractivity contribution in [3.8, 4) is 0 Å². The first-order chi connectivity index (χ1) is 20.5. The lowest BCUT2D eigenvalue weighted by molar-refractivity contribution is -0.149. The van der Waals surface area contributed by atoms with E-state index in [-0.39, 0.29) is 49.5 Å². The quantitative estimate of drug-likeness (QED) is 0.199. The van der Waals surface area contributed by atoms with Crippen LogP contribution in [0, 0.1) is 17.8 Å². The van der Waals surface area contributed by atoms with Crippen molar-refractivity contribution in [3.63, 3.8) is 0 Å². The maximum absolute atomic E-state index is 13.7. The number of hydrogen-bond donors (Lipinski definition) is 5. The molecule has 5 N–H and O–H groups in total. The van der Waals surface area contributed by atoms with E-state index in [4.69, 9.17) is 9.26 Å². The Kier molecular flexibility index (Phi) is 14.0. The molecule has 14 heteroatoms. The fraction of sp³-hybridized carbons (Fsp3) is 0.633. The molecule has 0 radical (unpaired) electrons. The molecule has 0 aliphatic carbocycles. The number of nitrogens with one attached hydrogen (secondary N) is 4. The van der Waals surface area contributed by atoms with Gasteiger partial charge < -0.3 is 30.9 Å². The average Bonchev–Trinajstić information content (AvgIpc) is 2.92. The molecule has 1 heterocycles. The Hall–Kier alpha value is -3.28. The van der Waals surface area contributed by atoms with Gasteiger partial charge in [0.25, 0.3) is 0 Å². The van der Waals surface area contributed by atoms with E-state index in [2.05, 4.69) is 21.3 Å². The lowest BCUT2D eigenvalue weighted by atomic mass is 10.0. The van der Waals surface area contributed by atoms with E-state index >= 15 is 0 Å². The highest BCUT2D eigenvalue weighted by atomic mass is 31.2. The summed E-state index contributed by atoms with van der Waals surface area (Å²) in [6.45, 7) is 10.8. The first kappa shape index (κ1) is 36.9. The van der Waals surface area contributed by atoms with Crippen LogP contribution in [-0.2, 0) is 50.8 Å². The number of ether oxygens (including phenoxy) is 1. The molecule has 2 bridgehead atoms. The smallest absolute Gasteiger partial charge is 0.351 e. The molecule has 4 amide bonds. The van der Waals surface area contributed by atoms with E-state index in [1.165, 1.54) is 0 Å². The van der Waals surface area contributed by atoms with Gasteiger partial charge in [0.2, 0.25) is 23.6 Å². The van der Waals surface area contributed by atoms with Crippen LogP contribution in [0.2, 0.25) is 0 Å². The summed E-state index contributed by atoms with van der Waals surface area (Å²) in [7, 11) is -3.61. The number of esters is 1. The van der Waals surface area contributed by atoms with Crippen LogP contribution in [-0.4, -0.2) is 65.6 Å². The van der Waals surface area contributed by atoms with Gasteiger partial charge >= 0.3 is 13.6 Å². The summed E-state index contributed by atoms with van der Waals surface area (Å²) >= 11 is 0. The van der Waals surface area contributed by atoms with Gasteiger partial charge in [0, 0.05) is 19.4 Å². The molecular formula is C30H47N4O9P. The molecule has 1 aromatic rings. The standard InChI is InChI=1S/C30H47N4O9P/c1-17(2)11-25(36)33-27(19(5)6)29(38)32-22-15-24(35)31-16-21-10-8-9-20(13-21)14-23(30(39)42-7)43-44(40,41)26(12-18(3)4)34-28(22)37/h8-10,13,17-19,22-23,26-27H,11-12,14-16H2,1-7H3,(H,31,35)(H,32,38)(H,33,36)(H,34,37)(H,40,41)/t22-,23-,26?,27?/m0/s1. The van der Waals surface area contributed by atoms with Crippen molar-refractivity contribution < 1.29 is 42.7 Å². The molecule has 13 nitrogen and oxygen atoms in total. The highest BCUT2D eigenvalue weighted by Gasteiger charge is 2.41. The molecule has 2 rings (SSSR count). The van der Waals surface area contributed by atoms with Gasteiger partial charge in [-0.2, -0.15) is 0 Å². The summed E-state index contributed by atoms with van der Waals surface area (Å²) in [6.07, 6.45) is -1.87. The lowest BCUT2D eigenvalue weighted by Crippen LogP contribution is -2.57. The van der Waals surface area contributed by atoms with Gasteiger partial charge in [-0.05, 0) is 35.3 Å². The second kappa shape index (κ2) is 16.7. The summed E-state index contributed by atoms with van der Waals surface area (Å²) in [4.78, 5) is 76.2. The predicted octanol–water partition coefficient (Wildman–Crippen LogP) is 2.15. The molecule has 1 aromatic carbocycles. The molecule has 0 fully saturated rings. The zero-order valence-electron chi connectivity index (χ0n) is 26.5. The minimum Gasteiger partial charge on any atom is -0.467 e. The highest BCUT2D eigenvalue weighted by molar-refractivity contribution is 7.53. The van der Waals surface area contributed by atoms with E-state index in [1.54, 1.807) is 52.0 Å². The van der Waals surface area contributed by atoms with E-state index in [1.807, 2.05) is 13.8 Å². The van der Waals surface area contributed by atoms with Crippen LogP contribution in [0.5, 0.6) is 0 Å². The van der Waals surface area contributed by atoms with Gasteiger partial charge in [0.05, 0.1) is 13.5 Å². The normalized spacial score (nSPS) is 24.0. The summed E-state index contributed by atoms with van der Waals surface area (Å²) in [5.74, 6) is -5.34. The molecule has 1 aliphatic rings. The number of amides is 4. The Balaban J connectivity index is 2.49. The van der Waals surface area contributed by atoms with Crippen LogP contribution in [0.1, 0.15) is 71.9 Å². The number of carbonyl (C=O) groups excluding carboxylic acids is 5. The van der Waals surface area contributed by atoms with Crippen LogP contribution < -0.4 is 21.3 Å². The van der Waals surface area contributed by atoms with Crippen molar-refractivity contribution >= 4 is 37.2 Å². The fourth-order valence-corrected chi connectivity index (χ4v) is 6.33. The van der Waals surface area contributed by atoms with Gasteiger partial charge in [0.1, 0.15) is 17.9 Å². The molecule has 0 saturated carbocycles. The summed E-state index contributed by atoms with van der Waals surface area (Å²) in [5.41, 5.74) is 1.26. The predicted molar refractivity (Wildman–Crippen MR) is 163 cm³/mol. The molecular weight excluding hydrogens is 591 g/mol. The molecule has 0 spiro atoms. The monoisotopic (exact) mass is 638 g/mol. The number of fused-ring (bicyclic) bond motifs is 2. The third kappa shape index (κ3) is 11.7. The summed E-state index contributed by atoms with van der Waals surface area (Å²) in [6, 6.07) is 4.39. The second-order valence-corrected chi connectivity index (χ2v) is 14.3. The third-order valence-electron chi connectivity index (χ3n) is 6.92. The molecule has 0 aromatic heterocycles. The van der Waals surface area contributed by atoms with Crippen molar-refractivity contribution in [2.45, 2.75) is 97.7 Å². The van der Waals surface area contributed by atoms with Gasteiger partial charge in [0.15, 0.2) is 6.10 Å². The van der Waals surface area contributed by atoms with Crippen molar-refractivity contribution in [3.05, 3.63) is 35.4 Å². The SMILES string of the molecule is COC(=O)[C@@H]1Cc2cccc(c2)CNC(=O)C[C@H](NC(=O)C(NC(=O)CC(C)C)C(C)C)C(=O)NC(CC(C)C)P(=O)(O)O1. The molecule has 246 valence electrons. The van der Waals surface area contributed by atoms with Crippen LogP contribution >= 0.6 is 7.60 Å². The van der Waals surface area contributed by atoms with Crippen LogP contribution in [0.4, 0.5) is 0 Å². The van der Waals surface area contributed by atoms with Gasteiger partial charge in [-0.15, -0.1) is 0 Å². The first-order valence-corrected chi connectivity index (χ1v) is 16.5. The fourth-order valence-electron chi connectivity index (χ4n) is 4.68. The van der Waals surface area contributed by atoms with E-state index in [0.29, 0.717) is 11.1 Å². The van der Waals surface area contributed by atoms with Gasteiger partial charge in [-0.25, -0.2) is 4.79 Å². The number of methoxy groups -OCH3 is 1. The number of carbonyl (C=O) groups is 5. The average molecular weight is 639 g/mol. The lowest BCUT2D eigenvalue weighted by Gasteiger charge is -2.30. The Morgan fingerprint density at radius 1 is 1.07 bits per heavy atom. The van der Waals surface area contributed by atoms with Crippen molar-refractivity contribution in [1.82, 2.24) is 21.3 Å². The number of hydrogen-bond acceptors (Lipinski definition) is 8. The summed E-state index contributed by atoms with van der Waals surface area (Å²) < 4.78 is 24.0. The van der Waals surface area contributed by atoms with E-state index in [0.717, 1.165) is 7.11 Å². The van der Waals surface area contributed by atoms with Crippen LogP contribution in [0.25, 0.3) is 0 Å². The van der Waals surface area contributed by atoms with E-state index in [9.17, 15) is 33.4 Å². The minimum absolute atomic E-state index is 0.0182. The maximum atomic E-state index is 13.7. The summed E-state index contributed by atoms with van der Waals surface area (Å²) in [5, 5.41) is 10.5. The first-order valence-electron chi connectivity index (χ1n) is 14.9. The largest absolute Gasteiger partial charge is 0.467 e. The van der Waals surface area contributed by atoms with Crippen molar-refractivity contribution in [2.75, 3.05) is 7.11 Å². The second-order valence-electron chi connectivity index (χ2n) is 12.3. The molecule has 1 aliphatic heterocycles. The molecule has 3 unspecified atom stereocenters. The Morgan fingerprint density at radius 2 is 1.73 bits per heavy atom. The van der Waals surface area contributed by atoms with Crippen molar-refractivity contribution in [1.29, 1.82) is 0 Å². The zero-order valence-corrected chi connectivity index (χ0v) is 27.4. The maximum Gasteiger partial charge on any atom is 0.351 e. The Morgan fingerprint density at radius 3 is 2.32 bits per heavy atom. The third-order valence-corrected chi connectivity index (χ3v) is 8.61. The van der Waals surface area contributed by atoms with Gasteiger partial charge in [-0.3, -0.25) is 28.3 Å². The minimum atomic E-state index is -4.75. The van der Waals surface area contributed by atoms with E-state index < -0.39 is 61.7 Å². The van der Waals surface area contributed by atoms with Gasteiger partial charge in [-0.1, -0.05) is 65.8 Å². The zero-order chi connectivity index (χ0) is 33.2. The topological polar surface area (TPSA) is 189 Å². The highest BCUT2D eigenvalue weighted by Crippen LogP contribution is 2.50. The van der Waals surface area contributed by atoms with Crippen molar-refractivity contribution in [2.24, 2.45) is 17.8 Å². The molecule has 44 heavy (non-hydrogen) atoms. The van der Waals surface area contributed by atoms with Crippen LogP contribution in [0.3, 0.4) is 0 Å². The Labute approximate surface area is 259 Å².